The molecule has 2 aromatic rings. The summed E-state index contributed by atoms with van der Waals surface area (Å²) in [5.74, 6) is 1.30. The summed E-state index contributed by atoms with van der Waals surface area (Å²) >= 11 is 4.77. The number of hydrogen-bond donors (Lipinski definition) is 0. The molecule has 0 N–H and O–H groups in total. The van der Waals surface area contributed by atoms with Crippen molar-refractivity contribution in [3.8, 4) is 5.75 Å². The fourth-order valence-electron chi connectivity index (χ4n) is 1.66. The lowest BCUT2D eigenvalue weighted by molar-refractivity contribution is 0.414. The second-order valence-corrected chi connectivity index (χ2v) is 5.99. The highest BCUT2D eigenvalue weighted by atomic mass is 35.5. The Hall–Kier alpha value is -1.42. The van der Waals surface area contributed by atoms with E-state index in [1.807, 2.05) is 54.6 Å². The van der Waals surface area contributed by atoms with Gasteiger partial charge >= 0.3 is 0 Å². The van der Waals surface area contributed by atoms with Crippen LogP contribution in [0.5, 0.6) is 5.75 Å². The Morgan fingerprint density at radius 1 is 1.10 bits per heavy atom. The van der Waals surface area contributed by atoms with Gasteiger partial charge in [0.15, 0.2) is 0 Å². The lowest BCUT2D eigenvalue weighted by atomic mass is 10.2. The van der Waals surface area contributed by atoms with Crippen molar-refractivity contribution < 1.29 is 9.29 Å². The van der Waals surface area contributed by atoms with E-state index in [4.69, 9.17) is 16.3 Å². The summed E-state index contributed by atoms with van der Waals surface area (Å²) in [5, 5.41) is 2.40. The SMILES string of the molecule is COc1ccc(C[S+]([O-])/C=C/c2ccc(Cl)cc2)cc1. The van der Waals surface area contributed by atoms with Crippen LogP contribution < -0.4 is 4.74 Å². The summed E-state index contributed by atoms with van der Waals surface area (Å²) in [7, 11) is 1.63. The van der Waals surface area contributed by atoms with E-state index in [9.17, 15) is 4.55 Å². The molecule has 0 saturated carbocycles. The molecule has 104 valence electrons. The summed E-state index contributed by atoms with van der Waals surface area (Å²) in [6, 6.07) is 15.0. The zero-order chi connectivity index (χ0) is 14.4. The molecule has 0 spiro atoms. The molecule has 0 bridgehead atoms. The quantitative estimate of drug-likeness (QED) is 0.773. The standard InChI is InChI=1S/C16H15ClO2S/c1-19-16-8-4-14(5-9-16)12-20(18)11-10-13-2-6-15(17)7-3-13/h2-11H,12H2,1H3/b11-10+. The summed E-state index contributed by atoms with van der Waals surface area (Å²) in [6.07, 6.45) is 1.84. The second kappa shape index (κ2) is 7.39. The lowest BCUT2D eigenvalue weighted by Crippen LogP contribution is -1.99. The maximum Gasteiger partial charge on any atom is 0.135 e. The third kappa shape index (κ3) is 4.60. The van der Waals surface area contributed by atoms with Gasteiger partial charge in [0.05, 0.1) is 7.11 Å². The van der Waals surface area contributed by atoms with Gasteiger partial charge < -0.3 is 9.29 Å². The predicted octanol–water partition coefficient (Wildman–Crippen LogP) is 4.27. The van der Waals surface area contributed by atoms with Crippen LogP contribution >= 0.6 is 11.6 Å². The van der Waals surface area contributed by atoms with Crippen molar-refractivity contribution >= 4 is 28.9 Å². The minimum Gasteiger partial charge on any atom is -0.612 e. The van der Waals surface area contributed by atoms with Crippen molar-refractivity contribution in [1.29, 1.82) is 0 Å². The molecule has 0 aliphatic heterocycles. The molecule has 0 amide bonds. The Morgan fingerprint density at radius 3 is 2.35 bits per heavy atom. The molecule has 0 radical (unpaired) electrons. The fraction of sp³-hybridized carbons (Fsp3) is 0.125. The van der Waals surface area contributed by atoms with E-state index in [0.29, 0.717) is 10.8 Å². The van der Waals surface area contributed by atoms with Gasteiger partial charge in [-0.1, -0.05) is 35.9 Å². The third-order valence-corrected chi connectivity index (χ3v) is 4.06. The van der Waals surface area contributed by atoms with E-state index in [2.05, 4.69) is 0 Å². The highest BCUT2D eigenvalue weighted by molar-refractivity contribution is 7.93. The molecule has 4 heteroatoms. The summed E-state index contributed by atoms with van der Waals surface area (Å²) in [5.41, 5.74) is 2.00. The smallest absolute Gasteiger partial charge is 0.135 e. The van der Waals surface area contributed by atoms with Crippen LogP contribution in [0.2, 0.25) is 5.02 Å². The van der Waals surface area contributed by atoms with Crippen molar-refractivity contribution in [2.75, 3.05) is 7.11 Å². The van der Waals surface area contributed by atoms with E-state index in [-0.39, 0.29) is 0 Å². The summed E-state index contributed by atoms with van der Waals surface area (Å²) in [6.45, 7) is 0. The van der Waals surface area contributed by atoms with E-state index in [0.717, 1.165) is 16.9 Å². The highest BCUT2D eigenvalue weighted by Gasteiger charge is 2.04. The van der Waals surface area contributed by atoms with Gasteiger partial charge in [0.1, 0.15) is 16.9 Å². The third-order valence-electron chi connectivity index (χ3n) is 2.75. The van der Waals surface area contributed by atoms with Gasteiger partial charge in [-0.15, -0.1) is 0 Å². The van der Waals surface area contributed by atoms with Gasteiger partial charge in [-0.25, -0.2) is 0 Å². The van der Waals surface area contributed by atoms with Gasteiger partial charge in [0.25, 0.3) is 0 Å². The zero-order valence-corrected chi connectivity index (χ0v) is 12.7. The molecule has 0 aliphatic rings. The Balaban J connectivity index is 1.94. The summed E-state index contributed by atoms with van der Waals surface area (Å²) < 4.78 is 17.1. The number of ether oxygens (including phenoxy) is 1. The number of halogens is 1. The highest BCUT2D eigenvalue weighted by Crippen LogP contribution is 2.15. The second-order valence-electron chi connectivity index (χ2n) is 4.23. The zero-order valence-electron chi connectivity index (χ0n) is 11.1. The molecule has 0 fully saturated rings. The first-order chi connectivity index (χ1) is 9.67. The average Bonchev–Trinajstić information content (AvgIpc) is 2.47. The van der Waals surface area contributed by atoms with E-state index in [1.54, 1.807) is 12.5 Å². The van der Waals surface area contributed by atoms with Crippen molar-refractivity contribution in [2.24, 2.45) is 0 Å². The lowest BCUT2D eigenvalue weighted by Gasteiger charge is -2.06. The van der Waals surface area contributed by atoms with Crippen LogP contribution in [-0.4, -0.2) is 11.7 Å². The van der Waals surface area contributed by atoms with Crippen molar-refractivity contribution in [1.82, 2.24) is 0 Å². The van der Waals surface area contributed by atoms with Gasteiger partial charge in [0.2, 0.25) is 0 Å². The molecule has 0 aliphatic carbocycles. The maximum absolute atomic E-state index is 12.0. The largest absolute Gasteiger partial charge is 0.612 e. The van der Waals surface area contributed by atoms with Gasteiger partial charge in [-0.3, -0.25) is 0 Å². The van der Waals surface area contributed by atoms with Crippen LogP contribution in [0.1, 0.15) is 11.1 Å². The minimum absolute atomic E-state index is 0.494. The monoisotopic (exact) mass is 306 g/mol. The van der Waals surface area contributed by atoms with Crippen LogP contribution in [0, 0.1) is 0 Å². The van der Waals surface area contributed by atoms with Crippen LogP contribution in [0.25, 0.3) is 6.08 Å². The first-order valence-electron chi connectivity index (χ1n) is 6.11. The predicted molar refractivity (Wildman–Crippen MR) is 85.3 cm³/mol. The molecule has 2 nitrogen and oxygen atoms in total. The van der Waals surface area contributed by atoms with Gasteiger partial charge in [0, 0.05) is 10.6 Å². The maximum atomic E-state index is 12.0. The molecule has 0 heterocycles. The molecular weight excluding hydrogens is 292 g/mol. The van der Waals surface area contributed by atoms with E-state index in [1.165, 1.54) is 0 Å². The van der Waals surface area contributed by atoms with Crippen LogP contribution in [0.4, 0.5) is 0 Å². The Morgan fingerprint density at radius 2 is 1.75 bits per heavy atom. The number of rotatable bonds is 5. The van der Waals surface area contributed by atoms with Crippen molar-refractivity contribution in [2.45, 2.75) is 5.75 Å². The van der Waals surface area contributed by atoms with Gasteiger partial charge in [-0.2, -0.15) is 0 Å². The van der Waals surface area contributed by atoms with Crippen LogP contribution in [-0.2, 0) is 16.9 Å². The number of methoxy groups -OCH3 is 1. The number of benzene rings is 2. The first-order valence-corrected chi connectivity index (χ1v) is 7.87. The first kappa shape index (κ1) is 15.0. The molecule has 1 atom stereocenters. The molecule has 1 unspecified atom stereocenters. The van der Waals surface area contributed by atoms with E-state index < -0.39 is 11.2 Å². The summed E-state index contributed by atoms with van der Waals surface area (Å²) in [4.78, 5) is 0. The Kier molecular flexibility index (Phi) is 5.53. The van der Waals surface area contributed by atoms with Crippen molar-refractivity contribution in [3.05, 3.63) is 70.1 Å². The molecule has 20 heavy (non-hydrogen) atoms. The Labute approximate surface area is 127 Å². The topological polar surface area (TPSA) is 32.3 Å². The van der Waals surface area contributed by atoms with Crippen LogP contribution in [0.3, 0.4) is 0 Å². The minimum atomic E-state index is -1.04. The average molecular weight is 307 g/mol. The normalized spacial score (nSPS) is 12.6. The number of hydrogen-bond acceptors (Lipinski definition) is 2. The molecule has 2 aromatic carbocycles. The van der Waals surface area contributed by atoms with Gasteiger partial charge in [-0.05, 0) is 47.1 Å². The molecule has 0 aromatic heterocycles. The molecule has 0 saturated heterocycles. The Bertz CT molecular complexity index is 564. The van der Waals surface area contributed by atoms with Crippen LogP contribution in [0.15, 0.2) is 53.9 Å². The molecular formula is C16H15ClO2S. The van der Waals surface area contributed by atoms with Crippen molar-refractivity contribution in [3.63, 3.8) is 0 Å². The molecule has 2 rings (SSSR count). The fourth-order valence-corrected chi connectivity index (χ4v) is 2.71. The van der Waals surface area contributed by atoms with E-state index >= 15 is 0 Å².